The van der Waals surface area contributed by atoms with Crippen LogP contribution in [-0.2, 0) is 21.4 Å². The third kappa shape index (κ3) is 4.24. The molecule has 2 aromatic rings. The summed E-state index contributed by atoms with van der Waals surface area (Å²) < 4.78 is 25.9. The first-order chi connectivity index (χ1) is 14.4. The molecule has 2 aliphatic rings. The summed E-state index contributed by atoms with van der Waals surface area (Å²) in [7, 11) is -3.86. The molecule has 0 aliphatic carbocycles. The molecule has 1 saturated heterocycles. The SMILES string of the molecule is O=C(CCN1C(=O)c2ccccc2S1(=O)=O)NC1CCN(Cc2ccccc2)CC1. The molecule has 0 aromatic heterocycles. The number of sulfonamides is 1. The smallest absolute Gasteiger partial charge is 0.269 e. The van der Waals surface area contributed by atoms with E-state index in [9.17, 15) is 18.0 Å². The molecule has 0 bridgehead atoms. The van der Waals surface area contributed by atoms with E-state index in [1.807, 2.05) is 18.2 Å². The summed E-state index contributed by atoms with van der Waals surface area (Å²) in [5, 5.41) is 2.99. The van der Waals surface area contributed by atoms with Gasteiger partial charge in [0.1, 0.15) is 4.90 Å². The zero-order valence-corrected chi connectivity index (χ0v) is 17.5. The van der Waals surface area contributed by atoms with Crippen molar-refractivity contribution in [3.8, 4) is 0 Å². The minimum absolute atomic E-state index is 0.0150. The van der Waals surface area contributed by atoms with Crippen molar-refractivity contribution in [1.29, 1.82) is 0 Å². The standard InChI is InChI=1S/C22H25N3O4S/c26-21(12-15-25-22(27)19-8-4-5-9-20(19)30(25,28)29)23-18-10-13-24(14-11-18)16-17-6-2-1-3-7-17/h1-9,18H,10-16H2,(H,23,26). The average molecular weight is 428 g/mol. The van der Waals surface area contributed by atoms with E-state index in [-0.39, 0.29) is 35.4 Å². The summed E-state index contributed by atoms with van der Waals surface area (Å²) >= 11 is 0. The van der Waals surface area contributed by atoms with Crippen molar-refractivity contribution in [3.63, 3.8) is 0 Å². The average Bonchev–Trinajstić information content (AvgIpc) is 2.94. The summed E-state index contributed by atoms with van der Waals surface area (Å²) in [5.74, 6) is -0.789. The van der Waals surface area contributed by atoms with Crippen LogP contribution in [0.25, 0.3) is 0 Å². The number of likely N-dealkylation sites (tertiary alicyclic amines) is 1. The van der Waals surface area contributed by atoms with Gasteiger partial charge >= 0.3 is 0 Å². The number of rotatable bonds is 6. The van der Waals surface area contributed by atoms with E-state index in [0.717, 1.165) is 36.8 Å². The Morgan fingerprint density at radius 2 is 1.67 bits per heavy atom. The first-order valence-corrected chi connectivity index (χ1v) is 11.6. The quantitative estimate of drug-likeness (QED) is 0.762. The number of nitrogens with zero attached hydrogens (tertiary/aromatic N) is 2. The molecule has 0 radical (unpaired) electrons. The van der Waals surface area contributed by atoms with Crippen LogP contribution >= 0.6 is 0 Å². The van der Waals surface area contributed by atoms with Gasteiger partial charge in [0.05, 0.1) is 5.56 Å². The van der Waals surface area contributed by atoms with Gasteiger partial charge in [-0.25, -0.2) is 12.7 Å². The fourth-order valence-corrected chi connectivity index (χ4v) is 5.60. The van der Waals surface area contributed by atoms with Gasteiger partial charge in [0, 0.05) is 38.6 Å². The highest BCUT2D eigenvalue weighted by molar-refractivity contribution is 7.90. The van der Waals surface area contributed by atoms with Crippen LogP contribution in [0, 0.1) is 0 Å². The third-order valence-electron chi connectivity index (χ3n) is 5.66. The van der Waals surface area contributed by atoms with Crippen LogP contribution in [0.3, 0.4) is 0 Å². The highest BCUT2D eigenvalue weighted by Gasteiger charge is 2.40. The van der Waals surface area contributed by atoms with E-state index in [0.29, 0.717) is 0 Å². The Balaban J connectivity index is 1.25. The van der Waals surface area contributed by atoms with Gasteiger partial charge in [-0.05, 0) is 30.5 Å². The van der Waals surface area contributed by atoms with Gasteiger partial charge in [-0.1, -0.05) is 42.5 Å². The summed E-state index contributed by atoms with van der Waals surface area (Å²) in [5.41, 5.74) is 1.45. The Kier molecular flexibility index (Phi) is 5.87. The van der Waals surface area contributed by atoms with E-state index in [2.05, 4.69) is 22.3 Å². The molecule has 2 amide bonds. The Bertz CT molecular complexity index is 1030. The molecule has 2 aromatic carbocycles. The lowest BCUT2D eigenvalue weighted by molar-refractivity contribution is -0.122. The molecule has 0 atom stereocenters. The number of benzene rings is 2. The summed E-state index contributed by atoms with van der Waals surface area (Å²) in [6.07, 6.45) is 1.67. The maximum Gasteiger partial charge on any atom is 0.269 e. The molecule has 1 N–H and O–H groups in total. The number of hydrogen-bond donors (Lipinski definition) is 1. The minimum Gasteiger partial charge on any atom is -0.353 e. The van der Waals surface area contributed by atoms with Crippen LogP contribution in [0.2, 0.25) is 0 Å². The van der Waals surface area contributed by atoms with Crippen LogP contribution < -0.4 is 5.32 Å². The highest BCUT2D eigenvalue weighted by atomic mass is 32.2. The molecule has 2 heterocycles. The molecule has 1 fully saturated rings. The van der Waals surface area contributed by atoms with Crippen molar-refractivity contribution in [1.82, 2.24) is 14.5 Å². The molecular formula is C22H25N3O4S. The van der Waals surface area contributed by atoms with Crippen molar-refractivity contribution in [2.75, 3.05) is 19.6 Å². The van der Waals surface area contributed by atoms with Crippen LogP contribution in [0.5, 0.6) is 0 Å². The van der Waals surface area contributed by atoms with Gasteiger partial charge in [-0.3, -0.25) is 14.5 Å². The maximum atomic E-state index is 12.6. The second-order valence-corrected chi connectivity index (χ2v) is 9.56. The summed E-state index contributed by atoms with van der Waals surface area (Å²) in [6, 6.07) is 16.5. The monoisotopic (exact) mass is 427 g/mol. The molecular weight excluding hydrogens is 402 g/mol. The van der Waals surface area contributed by atoms with E-state index in [1.165, 1.54) is 17.7 Å². The molecule has 158 valence electrons. The van der Waals surface area contributed by atoms with Gasteiger partial charge in [0.25, 0.3) is 15.9 Å². The Morgan fingerprint density at radius 3 is 2.37 bits per heavy atom. The lowest BCUT2D eigenvalue weighted by Gasteiger charge is -2.32. The predicted octanol–water partition coefficient (Wildman–Crippen LogP) is 2.00. The van der Waals surface area contributed by atoms with Crippen LogP contribution in [0.4, 0.5) is 0 Å². The van der Waals surface area contributed by atoms with E-state index in [1.54, 1.807) is 12.1 Å². The molecule has 8 heteroatoms. The van der Waals surface area contributed by atoms with E-state index >= 15 is 0 Å². The number of hydrogen-bond acceptors (Lipinski definition) is 5. The van der Waals surface area contributed by atoms with Crippen molar-refractivity contribution < 1.29 is 18.0 Å². The first-order valence-electron chi connectivity index (χ1n) is 10.2. The van der Waals surface area contributed by atoms with Crippen molar-refractivity contribution in [3.05, 3.63) is 65.7 Å². The molecule has 0 unspecified atom stereocenters. The topological polar surface area (TPSA) is 86.8 Å². The number of carbonyl (C=O) groups is 2. The van der Waals surface area contributed by atoms with Crippen LogP contribution in [0.1, 0.15) is 35.2 Å². The number of carbonyl (C=O) groups excluding carboxylic acids is 2. The Labute approximate surface area is 176 Å². The largest absolute Gasteiger partial charge is 0.353 e. The molecule has 7 nitrogen and oxygen atoms in total. The fraction of sp³-hybridized carbons (Fsp3) is 0.364. The van der Waals surface area contributed by atoms with Gasteiger partial charge in [0.2, 0.25) is 5.91 Å². The van der Waals surface area contributed by atoms with E-state index in [4.69, 9.17) is 0 Å². The van der Waals surface area contributed by atoms with Crippen molar-refractivity contribution in [2.24, 2.45) is 0 Å². The fourth-order valence-electron chi connectivity index (χ4n) is 4.03. The van der Waals surface area contributed by atoms with Gasteiger partial charge in [0.15, 0.2) is 0 Å². The maximum absolute atomic E-state index is 12.6. The molecule has 2 aliphatic heterocycles. The van der Waals surface area contributed by atoms with Crippen LogP contribution in [0.15, 0.2) is 59.5 Å². The van der Waals surface area contributed by atoms with Gasteiger partial charge < -0.3 is 5.32 Å². The zero-order chi connectivity index (χ0) is 21.1. The van der Waals surface area contributed by atoms with Crippen molar-refractivity contribution in [2.45, 2.75) is 36.7 Å². The number of amides is 2. The second-order valence-electron chi connectivity index (χ2n) is 7.73. The molecule has 30 heavy (non-hydrogen) atoms. The van der Waals surface area contributed by atoms with Gasteiger partial charge in [-0.2, -0.15) is 0 Å². The number of nitrogens with one attached hydrogen (secondary N) is 1. The highest BCUT2D eigenvalue weighted by Crippen LogP contribution is 2.29. The molecule has 0 saturated carbocycles. The lowest BCUT2D eigenvalue weighted by Crippen LogP contribution is -2.45. The second kappa shape index (κ2) is 8.57. The molecule has 4 rings (SSSR count). The van der Waals surface area contributed by atoms with Crippen molar-refractivity contribution >= 4 is 21.8 Å². The third-order valence-corrected chi connectivity index (χ3v) is 7.50. The van der Waals surface area contributed by atoms with Crippen LogP contribution in [-0.4, -0.2) is 55.1 Å². The summed E-state index contributed by atoms with van der Waals surface area (Å²) in [6.45, 7) is 2.55. The minimum atomic E-state index is -3.86. The Morgan fingerprint density at radius 1 is 1.00 bits per heavy atom. The first kappa shape index (κ1) is 20.6. The number of fused-ring (bicyclic) bond motifs is 1. The zero-order valence-electron chi connectivity index (χ0n) is 16.7. The lowest BCUT2D eigenvalue weighted by atomic mass is 10.0. The van der Waals surface area contributed by atoms with Gasteiger partial charge in [-0.15, -0.1) is 0 Å². The van der Waals surface area contributed by atoms with E-state index < -0.39 is 15.9 Å². The normalized spacial score (nSPS) is 18.9. The molecule has 0 spiro atoms. The predicted molar refractivity (Wildman–Crippen MR) is 112 cm³/mol. The summed E-state index contributed by atoms with van der Waals surface area (Å²) in [4.78, 5) is 27.2. The number of piperidine rings is 1. The Hall–Kier alpha value is -2.71.